The lowest BCUT2D eigenvalue weighted by Crippen LogP contribution is -2.61. The standard InChI is InChI=1S/C53H93N7O13/c1-12-13-14-15-16-17-18-19-20-21-22-36-29-43(61)54-37(23-24-44(62)63)47(66)55-38(25-31(2)3)48(67)57-40(27-33(6)7)51(70)60-46(35(10)11)52(71)58-41(30-45(64)65)50(69)56-39(26-32(4)5)49(68)59-42(28-34(8)9)53(72)73-36/h31-42,46H,12-30H2,1-11H3,(H,54,61)(H,55,66)(H,56,69)(H,57,67)(H,58,71)(H,59,68)(H,60,70)(H,62,63)(H,64,65). The summed E-state index contributed by atoms with van der Waals surface area (Å²) >= 11 is 0. The minimum absolute atomic E-state index is 0.0403. The summed E-state index contributed by atoms with van der Waals surface area (Å²) in [6, 6.07) is -9.64. The summed E-state index contributed by atoms with van der Waals surface area (Å²) in [5.74, 6) is -10.8. The first-order valence-electron chi connectivity index (χ1n) is 27.0. The van der Waals surface area contributed by atoms with Gasteiger partial charge in [-0.1, -0.05) is 134 Å². The number of amides is 7. The lowest BCUT2D eigenvalue weighted by Gasteiger charge is -2.29. The van der Waals surface area contributed by atoms with E-state index in [1.54, 1.807) is 55.4 Å². The molecular weight excluding hydrogens is 943 g/mol. The highest BCUT2D eigenvalue weighted by Crippen LogP contribution is 2.19. The average Bonchev–Trinajstić information content (AvgIpc) is 3.27. The number of carboxylic acid groups (broad SMARTS) is 2. The van der Waals surface area contributed by atoms with E-state index in [2.05, 4.69) is 44.1 Å². The van der Waals surface area contributed by atoms with Crippen molar-refractivity contribution < 1.29 is 62.9 Å². The smallest absolute Gasteiger partial charge is 0.328 e. The van der Waals surface area contributed by atoms with Crippen LogP contribution in [0.15, 0.2) is 0 Å². The van der Waals surface area contributed by atoms with Crippen LogP contribution in [0.2, 0.25) is 0 Å². The fraction of sp³-hybridized carbons (Fsp3) is 0.811. The average molecular weight is 1040 g/mol. The van der Waals surface area contributed by atoms with Gasteiger partial charge in [-0.15, -0.1) is 0 Å². The Morgan fingerprint density at radius 3 is 1.27 bits per heavy atom. The van der Waals surface area contributed by atoms with Crippen LogP contribution in [0.3, 0.4) is 0 Å². The molecule has 7 amide bonds. The molecule has 1 fully saturated rings. The Balaban J connectivity index is 3.94. The van der Waals surface area contributed by atoms with Crippen LogP contribution in [0.1, 0.15) is 198 Å². The molecule has 20 heteroatoms. The van der Waals surface area contributed by atoms with E-state index in [1.807, 2.05) is 13.8 Å². The number of hydrogen-bond donors (Lipinski definition) is 9. The third-order valence-corrected chi connectivity index (χ3v) is 12.5. The minimum atomic E-state index is -1.72. The van der Waals surface area contributed by atoms with Crippen LogP contribution in [0, 0.1) is 29.6 Å². The highest BCUT2D eigenvalue weighted by atomic mass is 16.5. The summed E-state index contributed by atoms with van der Waals surface area (Å²) in [6.07, 6.45) is 7.52. The largest absolute Gasteiger partial charge is 0.481 e. The summed E-state index contributed by atoms with van der Waals surface area (Å²) in [4.78, 5) is 137. The summed E-state index contributed by atoms with van der Waals surface area (Å²) < 4.78 is 6.04. The maximum Gasteiger partial charge on any atom is 0.328 e. The molecule has 0 bridgehead atoms. The molecule has 0 radical (unpaired) electrons. The molecule has 1 aliphatic heterocycles. The number of cyclic esters (lactones) is 1. The van der Waals surface area contributed by atoms with Gasteiger partial charge in [-0.05, 0) is 74.5 Å². The second kappa shape index (κ2) is 35.0. The summed E-state index contributed by atoms with van der Waals surface area (Å²) in [5, 5.41) is 37.9. The summed E-state index contributed by atoms with van der Waals surface area (Å²) in [7, 11) is 0. The molecule has 1 rings (SSSR count). The Bertz CT molecular complexity index is 1790. The number of carbonyl (C=O) groups excluding carboxylic acids is 8. The molecule has 8 unspecified atom stereocenters. The van der Waals surface area contributed by atoms with E-state index < -0.39 is 133 Å². The number of carboxylic acids is 2. The van der Waals surface area contributed by atoms with Crippen molar-refractivity contribution in [2.45, 2.75) is 247 Å². The highest BCUT2D eigenvalue weighted by molar-refractivity contribution is 5.98. The van der Waals surface area contributed by atoms with E-state index in [0.29, 0.717) is 6.42 Å². The van der Waals surface area contributed by atoms with Crippen molar-refractivity contribution >= 4 is 59.3 Å². The number of ether oxygens (including phenoxy) is 1. The van der Waals surface area contributed by atoms with Gasteiger partial charge in [0.2, 0.25) is 41.4 Å². The number of unbranched alkanes of at least 4 members (excludes halogenated alkanes) is 9. The molecule has 9 N–H and O–H groups in total. The molecule has 8 atom stereocenters. The van der Waals surface area contributed by atoms with Crippen LogP contribution < -0.4 is 37.2 Å². The van der Waals surface area contributed by atoms with Gasteiger partial charge < -0.3 is 52.2 Å². The Kier molecular flexibility index (Phi) is 31.5. The molecule has 20 nitrogen and oxygen atoms in total. The van der Waals surface area contributed by atoms with Crippen LogP contribution in [0.5, 0.6) is 0 Å². The van der Waals surface area contributed by atoms with E-state index in [1.165, 1.54) is 19.3 Å². The number of nitrogens with one attached hydrogen (secondary N) is 7. The summed E-state index contributed by atoms with van der Waals surface area (Å²) in [6.45, 7) is 19.8. The second-order valence-corrected chi connectivity index (χ2v) is 21.9. The first kappa shape index (κ1) is 65.7. The molecule has 418 valence electrons. The fourth-order valence-corrected chi connectivity index (χ4v) is 8.62. The lowest BCUT2D eigenvalue weighted by molar-refractivity contribution is -0.155. The molecule has 0 aromatic rings. The number of esters is 1. The number of rotatable bonds is 25. The van der Waals surface area contributed by atoms with Gasteiger partial charge in [-0.25, -0.2) is 4.79 Å². The van der Waals surface area contributed by atoms with Crippen LogP contribution in [0.4, 0.5) is 0 Å². The van der Waals surface area contributed by atoms with Gasteiger partial charge in [0.15, 0.2) is 0 Å². The van der Waals surface area contributed by atoms with Crippen molar-refractivity contribution in [2.24, 2.45) is 29.6 Å². The number of aliphatic carboxylic acids is 2. The van der Waals surface area contributed by atoms with Crippen molar-refractivity contribution in [3.63, 3.8) is 0 Å². The Labute approximate surface area is 434 Å². The van der Waals surface area contributed by atoms with E-state index in [9.17, 15) is 58.2 Å². The van der Waals surface area contributed by atoms with E-state index in [-0.39, 0.29) is 62.2 Å². The molecule has 73 heavy (non-hydrogen) atoms. The third-order valence-electron chi connectivity index (χ3n) is 12.5. The van der Waals surface area contributed by atoms with Crippen molar-refractivity contribution in [3.8, 4) is 0 Å². The van der Waals surface area contributed by atoms with Gasteiger partial charge in [0, 0.05) is 6.42 Å². The van der Waals surface area contributed by atoms with E-state index in [4.69, 9.17) is 4.74 Å². The third kappa shape index (κ3) is 28.1. The Morgan fingerprint density at radius 2 is 0.849 bits per heavy atom. The molecule has 1 heterocycles. The van der Waals surface area contributed by atoms with Gasteiger partial charge in [-0.3, -0.25) is 43.2 Å². The zero-order valence-corrected chi connectivity index (χ0v) is 45.8. The van der Waals surface area contributed by atoms with E-state index >= 15 is 0 Å². The maximum atomic E-state index is 14.2. The number of hydrogen-bond acceptors (Lipinski definition) is 11. The molecular formula is C53H93N7O13. The molecule has 1 saturated heterocycles. The molecule has 0 spiro atoms. The van der Waals surface area contributed by atoms with Crippen LogP contribution in [-0.2, 0) is 52.7 Å². The van der Waals surface area contributed by atoms with Gasteiger partial charge in [0.1, 0.15) is 48.4 Å². The van der Waals surface area contributed by atoms with Gasteiger partial charge in [-0.2, -0.15) is 0 Å². The quantitative estimate of drug-likeness (QED) is 0.0421. The molecule has 0 aromatic carbocycles. The minimum Gasteiger partial charge on any atom is -0.481 e. The van der Waals surface area contributed by atoms with Gasteiger partial charge in [0.05, 0.1) is 12.8 Å². The van der Waals surface area contributed by atoms with Crippen molar-refractivity contribution in [1.82, 2.24) is 37.2 Å². The van der Waals surface area contributed by atoms with Crippen LogP contribution >= 0.6 is 0 Å². The lowest BCUT2D eigenvalue weighted by atomic mass is 9.98. The Morgan fingerprint density at radius 1 is 0.466 bits per heavy atom. The highest BCUT2D eigenvalue weighted by Gasteiger charge is 2.37. The molecule has 0 saturated carbocycles. The first-order valence-corrected chi connectivity index (χ1v) is 27.0. The molecule has 1 aliphatic rings. The fourth-order valence-electron chi connectivity index (χ4n) is 8.62. The second-order valence-electron chi connectivity index (χ2n) is 21.9. The maximum absolute atomic E-state index is 14.2. The van der Waals surface area contributed by atoms with Crippen LogP contribution in [-0.4, -0.2) is 118 Å². The zero-order valence-electron chi connectivity index (χ0n) is 45.8. The normalized spacial score (nSPS) is 23.9. The van der Waals surface area contributed by atoms with Crippen LogP contribution in [0.25, 0.3) is 0 Å². The predicted molar refractivity (Wildman–Crippen MR) is 276 cm³/mol. The topological polar surface area (TPSA) is 305 Å². The monoisotopic (exact) mass is 1040 g/mol. The zero-order chi connectivity index (χ0) is 55.4. The van der Waals surface area contributed by atoms with Crippen molar-refractivity contribution in [2.75, 3.05) is 0 Å². The predicted octanol–water partition coefficient (Wildman–Crippen LogP) is 5.19. The first-order chi connectivity index (χ1) is 34.2. The molecule has 0 aliphatic carbocycles. The summed E-state index contributed by atoms with van der Waals surface area (Å²) in [5.41, 5.74) is 0. The molecule has 0 aromatic heterocycles. The Hall–Kier alpha value is -5.30. The van der Waals surface area contributed by atoms with E-state index in [0.717, 1.165) is 38.5 Å². The van der Waals surface area contributed by atoms with Crippen molar-refractivity contribution in [1.29, 1.82) is 0 Å². The SMILES string of the molecule is CCCCCCCCCCCCC1CC(=O)NC(CCC(=O)O)C(=O)NC(CC(C)C)C(=O)NC(CC(C)C)C(=O)NC(C(C)C)C(=O)NC(CC(=O)O)C(=O)NC(CC(C)C)C(=O)NC(CC(C)C)C(=O)O1. The van der Waals surface area contributed by atoms with Gasteiger partial charge in [0.25, 0.3) is 0 Å². The van der Waals surface area contributed by atoms with Crippen molar-refractivity contribution in [3.05, 3.63) is 0 Å². The van der Waals surface area contributed by atoms with Gasteiger partial charge >= 0.3 is 17.9 Å². The number of carbonyl (C=O) groups is 10.